The standard InChI is InChI=1S/C13H9F3N2O/c1-7-8(3-2-6-17-7)13(19)18-10-5-4-9(14)11(15)12(10)16/h2-6H,1H3,(H,18,19). The molecule has 1 N–H and O–H groups in total. The highest BCUT2D eigenvalue weighted by atomic mass is 19.2. The van der Waals surface area contributed by atoms with Crippen LogP contribution in [0.3, 0.4) is 0 Å². The zero-order chi connectivity index (χ0) is 14.0. The van der Waals surface area contributed by atoms with Gasteiger partial charge in [0.2, 0.25) is 0 Å². The molecule has 0 atom stereocenters. The molecule has 0 saturated carbocycles. The van der Waals surface area contributed by atoms with Gasteiger partial charge in [-0.05, 0) is 31.2 Å². The molecule has 2 rings (SSSR count). The zero-order valence-corrected chi connectivity index (χ0v) is 9.88. The van der Waals surface area contributed by atoms with Crippen LogP contribution < -0.4 is 5.32 Å². The van der Waals surface area contributed by atoms with E-state index >= 15 is 0 Å². The number of amides is 1. The van der Waals surface area contributed by atoms with Gasteiger partial charge in [-0.25, -0.2) is 13.2 Å². The molecular formula is C13H9F3N2O. The molecule has 0 aliphatic heterocycles. The molecule has 0 radical (unpaired) electrons. The molecule has 0 bridgehead atoms. The Morgan fingerprint density at radius 3 is 2.58 bits per heavy atom. The van der Waals surface area contributed by atoms with Gasteiger partial charge in [0, 0.05) is 11.9 Å². The highest BCUT2D eigenvalue weighted by Crippen LogP contribution is 2.20. The molecule has 3 nitrogen and oxygen atoms in total. The number of halogens is 3. The van der Waals surface area contributed by atoms with Crippen LogP contribution in [0.4, 0.5) is 18.9 Å². The number of nitrogens with one attached hydrogen (secondary N) is 1. The van der Waals surface area contributed by atoms with Crippen LogP contribution in [-0.4, -0.2) is 10.9 Å². The fourth-order valence-electron chi connectivity index (χ4n) is 1.54. The maximum absolute atomic E-state index is 13.4. The smallest absolute Gasteiger partial charge is 0.257 e. The number of anilines is 1. The van der Waals surface area contributed by atoms with Crippen LogP contribution in [-0.2, 0) is 0 Å². The van der Waals surface area contributed by atoms with Crippen LogP contribution in [0.2, 0.25) is 0 Å². The van der Waals surface area contributed by atoms with Crippen molar-refractivity contribution >= 4 is 11.6 Å². The first-order valence-corrected chi connectivity index (χ1v) is 5.37. The summed E-state index contributed by atoms with van der Waals surface area (Å²) in [6.07, 6.45) is 1.50. The number of aryl methyl sites for hydroxylation is 1. The summed E-state index contributed by atoms with van der Waals surface area (Å²) >= 11 is 0. The largest absolute Gasteiger partial charge is 0.319 e. The number of carbonyl (C=O) groups excluding carboxylic acids is 1. The summed E-state index contributed by atoms with van der Waals surface area (Å²) in [7, 11) is 0. The van der Waals surface area contributed by atoms with Crippen molar-refractivity contribution in [2.75, 3.05) is 5.32 Å². The molecule has 6 heteroatoms. The fourth-order valence-corrected chi connectivity index (χ4v) is 1.54. The van der Waals surface area contributed by atoms with Crippen LogP contribution >= 0.6 is 0 Å². The van der Waals surface area contributed by atoms with Gasteiger partial charge in [-0.2, -0.15) is 0 Å². The van der Waals surface area contributed by atoms with Crippen LogP contribution in [0.15, 0.2) is 30.5 Å². The Hall–Kier alpha value is -2.37. The van der Waals surface area contributed by atoms with E-state index in [-0.39, 0.29) is 5.56 Å². The molecule has 1 heterocycles. The summed E-state index contributed by atoms with van der Waals surface area (Å²) in [6, 6.07) is 4.74. The Bertz CT molecular complexity index is 644. The average molecular weight is 266 g/mol. The molecule has 0 saturated heterocycles. The second kappa shape index (κ2) is 5.09. The summed E-state index contributed by atoms with van der Waals surface area (Å²) in [4.78, 5) is 15.8. The van der Waals surface area contributed by atoms with E-state index in [0.29, 0.717) is 5.69 Å². The van der Waals surface area contributed by atoms with Crippen molar-refractivity contribution in [3.63, 3.8) is 0 Å². The lowest BCUT2D eigenvalue weighted by molar-refractivity contribution is 0.102. The van der Waals surface area contributed by atoms with Gasteiger partial charge in [0.1, 0.15) is 0 Å². The van der Waals surface area contributed by atoms with Crippen LogP contribution in [0.5, 0.6) is 0 Å². The first-order valence-electron chi connectivity index (χ1n) is 5.37. The summed E-state index contributed by atoms with van der Waals surface area (Å²) in [5, 5.41) is 2.17. The monoisotopic (exact) mass is 266 g/mol. The third kappa shape index (κ3) is 2.57. The van der Waals surface area contributed by atoms with E-state index in [9.17, 15) is 18.0 Å². The van der Waals surface area contributed by atoms with E-state index < -0.39 is 29.0 Å². The molecule has 98 valence electrons. The number of pyridine rings is 1. The van der Waals surface area contributed by atoms with Gasteiger partial charge in [0.25, 0.3) is 5.91 Å². The van der Waals surface area contributed by atoms with Gasteiger partial charge in [0.05, 0.1) is 11.3 Å². The Kier molecular flexibility index (Phi) is 3.50. The maximum atomic E-state index is 13.4. The molecule has 19 heavy (non-hydrogen) atoms. The lowest BCUT2D eigenvalue weighted by Crippen LogP contribution is -2.15. The summed E-state index contributed by atoms with van der Waals surface area (Å²) in [5.74, 6) is -5.01. The number of hydrogen-bond acceptors (Lipinski definition) is 2. The molecule has 0 spiro atoms. The van der Waals surface area contributed by atoms with Crippen molar-refractivity contribution in [2.45, 2.75) is 6.92 Å². The first kappa shape index (κ1) is 13.1. The number of carbonyl (C=O) groups is 1. The molecule has 1 amide bonds. The van der Waals surface area contributed by atoms with Crippen molar-refractivity contribution in [3.05, 3.63) is 59.2 Å². The lowest BCUT2D eigenvalue weighted by Gasteiger charge is -2.08. The average Bonchev–Trinajstić information content (AvgIpc) is 2.40. The predicted octanol–water partition coefficient (Wildman–Crippen LogP) is 3.06. The van der Waals surface area contributed by atoms with Gasteiger partial charge in [-0.15, -0.1) is 0 Å². The van der Waals surface area contributed by atoms with E-state index in [2.05, 4.69) is 10.3 Å². The van der Waals surface area contributed by atoms with Crippen LogP contribution in [0, 0.1) is 24.4 Å². The zero-order valence-electron chi connectivity index (χ0n) is 9.88. The fraction of sp³-hybridized carbons (Fsp3) is 0.0769. The van der Waals surface area contributed by atoms with Crippen molar-refractivity contribution in [1.82, 2.24) is 4.98 Å². The minimum atomic E-state index is -1.62. The number of rotatable bonds is 2. The molecule has 1 aromatic heterocycles. The first-order chi connectivity index (χ1) is 9.00. The third-order valence-corrected chi connectivity index (χ3v) is 2.53. The van der Waals surface area contributed by atoms with E-state index in [4.69, 9.17) is 0 Å². The Morgan fingerprint density at radius 1 is 1.16 bits per heavy atom. The van der Waals surface area contributed by atoms with Crippen molar-refractivity contribution in [2.24, 2.45) is 0 Å². The summed E-state index contributed by atoms with van der Waals surface area (Å²) < 4.78 is 39.1. The van der Waals surface area contributed by atoms with Gasteiger partial charge >= 0.3 is 0 Å². The Morgan fingerprint density at radius 2 is 1.89 bits per heavy atom. The second-order valence-corrected chi connectivity index (χ2v) is 3.81. The molecule has 1 aromatic carbocycles. The molecule has 0 unspecified atom stereocenters. The molecule has 0 aliphatic carbocycles. The lowest BCUT2D eigenvalue weighted by atomic mass is 10.2. The Labute approximate surface area is 107 Å². The second-order valence-electron chi connectivity index (χ2n) is 3.81. The quantitative estimate of drug-likeness (QED) is 0.849. The highest BCUT2D eigenvalue weighted by molar-refractivity contribution is 6.05. The molecule has 0 aliphatic rings. The van der Waals surface area contributed by atoms with Crippen LogP contribution in [0.1, 0.15) is 16.1 Å². The topological polar surface area (TPSA) is 42.0 Å². The number of benzene rings is 1. The summed E-state index contributed by atoms with van der Waals surface area (Å²) in [6.45, 7) is 1.61. The number of nitrogens with zero attached hydrogens (tertiary/aromatic N) is 1. The van der Waals surface area contributed by atoms with E-state index in [1.165, 1.54) is 12.3 Å². The van der Waals surface area contributed by atoms with Gasteiger partial charge in [0.15, 0.2) is 17.5 Å². The predicted molar refractivity (Wildman–Crippen MR) is 63.2 cm³/mol. The van der Waals surface area contributed by atoms with Crippen LogP contribution in [0.25, 0.3) is 0 Å². The third-order valence-electron chi connectivity index (χ3n) is 2.53. The minimum absolute atomic E-state index is 0.228. The van der Waals surface area contributed by atoms with Crippen molar-refractivity contribution in [3.8, 4) is 0 Å². The molecular weight excluding hydrogens is 257 g/mol. The van der Waals surface area contributed by atoms with Gasteiger partial charge in [-0.1, -0.05) is 0 Å². The molecule has 2 aromatic rings. The molecule has 0 fully saturated rings. The summed E-state index contributed by atoms with van der Waals surface area (Å²) in [5.41, 5.74) is 0.252. The van der Waals surface area contributed by atoms with E-state index in [0.717, 1.165) is 12.1 Å². The normalized spacial score (nSPS) is 10.3. The van der Waals surface area contributed by atoms with E-state index in [1.807, 2.05) is 0 Å². The number of aromatic nitrogens is 1. The highest BCUT2D eigenvalue weighted by Gasteiger charge is 2.16. The SMILES string of the molecule is Cc1ncccc1C(=O)Nc1ccc(F)c(F)c1F. The number of hydrogen-bond donors (Lipinski definition) is 1. The maximum Gasteiger partial charge on any atom is 0.257 e. The minimum Gasteiger partial charge on any atom is -0.319 e. The van der Waals surface area contributed by atoms with Crippen molar-refractivity contribution in [1.29, 1.82) is 0 Å². The van der Waals surface area contributed by atoms with Crippen molar-refractivity contribution < 1.29 is 18.0 Å². The Balaban J connectivity index is 2.30. The van der Waals surface area contributed by atoms with E-state index in [1.54, 1.807) is 13.0 Å². The van der Waals surface area contributed by atoms with Gasteiger partial charge < -0.3 is 5.32 Å². The van der Waals surface area contributed by atoms with Gasteiger partial charge in [-0.3, -0.25) is 9.78 Å².